The van der Waals surface area contributed by atoms with E-state index in [2.05, 4.69) is 17.6 Å². The molecule has 2 bridgehead atoms. The summed E-state index contributed by atoms with van der Waals surface area (Å²) in [6.07, 6.45) is 0.520. The molecule has 17 heteroatoms. The van der Waals surface area contributed by atoms with E-state index in [1.165, 1.54) is 11.8 Å². The van der Waals surface area contributed by atoms with Crippen LogP contribution in [-0.2, 0) is 35.6 Å². The molecule has 5 aliphatic rings. The maximum absolute atomic E-state index is 14.9. The highest BCUT2D eigenvalue weighted by Crippen LogP contribution is 2.49. The van der Waals surface area contributed by atoms with Gasteiger partial charge in [-0.15, -0.1) is 0 Å². The lowest BCUT2D eigenvalue weighted by Crippen LogP contribution is -2.60. The number of hydrogen-bond donors (Lipinski definition) is 3. The molecule has 330 valence electrons. The Kier molecular flexibility index (Phi) is 11.2. The van der Waals surface area contributed by atoms with Crippen molar-refractivity contribution in [1.29, 1.82) is 0 Å². The van der Waals surface area contributed by atoms with Gasteiger partial charge in [0.2, 0.25) is 34.1 Å². The predicted octanol–water partition coefficient (Wildman–Crippen LogP) is 5.94. The van der Waals surface area contributed by atoms with Gasteiger partial charge < -0.3 is 25.0 Å². The number of alkyl carbamates (subject to hydrolysis) is 1. The van der Waals surface area contributed by atoms with Crippen molar-refractivity contribution in [3.8, 4) is 5.88 Å². The van der Waals surface area contributed by atoms with Crippen molar-refractivity contribution in [3.63, 3.8) is 0 Å². The highest BCUT2D eigenvalue weighted by Gasteiger charge is 2.67. The number of amides is 4. The van der Waals surface area contributed by atoms with Crippen LogP contribution in [0.1, 0.15) is 105 Å². The zero-order valence-corrected chi connectivity index (χ0v) is 36.2. The first-order valence-electron chi connectivity index (χ1n) is 21.6. The molecule has 14 nitrogen and oxygen atoms in total. The molecule has 0 unspecified atom stereocenters. The Balaban J connectivity index is 1.16. The lowest BCUT2D eigenvalue weighted by atomic mass is 9.85. The first-order chi connectivity index (χ1) is 28.8. The number of nitrogens with one attached hydrogen (secondary N) is 3. The second-order valence-corrected chi connectivity index (χ2v) is 21.6. The van der Waals surface area contributed by atoms with E-state index in [0.717, 1.165) is 42.9 Å². The van der Waals surface area contributed by atoms with E-state index >= 15 is 0 Å². The molecule has 3 heterocycles. The van der Waals surface area contributed by atoms with Gasteiger partial charge in [0.25, 0.3) is 5.91 Å². The molecule has 1 saturated heterocycles. The van der Waals surface area contributed by atoms with Crippen LogP contribution >= 0.6 is 0 Å². The van der Waals surface area contributed by atoms with Gasteiger partial charge in [-0.05, 0) is 87.0 Å². The van der Waals surface area contributed by atoms with Crippen LogP contribution in [0.15, 0.2) is 36.4 Å². The van der Waals surface area contributed by atoms with Crippen LogP contribution in [0.3, 0.4) is 0 Å². The zero-order valence-electron chi connectivity index (χ0n) is 35.3. The number of hydrogen-bond acceptors (Lipinski definition) is 10. The SMILES string of the molecule is C[C@@H]1C[C@H]2CCCCCc3nc4ccc5ccccc5c4nc3O[C@@H]3C[C@@H](C(=O)N[C@]4(C(=O)NS(=O)(=O)C5(C)CC5)C[C@H]4C(F)F)N(C3)C(=O)[C@H](C(C)(C)C)NC(=O)O[C@@H]2C1. The van der Waals surface area contributed by atoms with Gasteiger partial charge in [0, 0.05) is 11.8 Å². The predicted molar refractivity (Wildman–Crippen MR) is 222 cm³/mol. The summed E-state index contributed by atoms with van der Waals surface area (Å²) >= 11 is 0. The summed E-state index contributed by atoms with van der Waals surface area (Å²) in [4.78, 5) is 68.0. The highest BCUT2D eigenvalue weighted by atomic mass is 32.2. The highest BCUT2D eigenvalue weighted by molar-refractivity contribution is 7.91. The number of aromatic nitrogens is 2. The van der Waals surface area contributed by atoms with E-state index in [9.17, 15) is 36.4 Å². The van der Waals surface area contributed by atoms with Gasteiger partial charge in [-0.1, -0.05) is 70.9 Å². The molecular formula is C44H56F2N6O8S. The third kappa shape index (κ3) is 8.47. The van der Waals surface area contributed by atoms with Gasteiger partial charge in [-0.3, -0.25) is 19.1 Å². The fraction of sp³-hybridized carbons (Fsp3) is 0.636. The minimum atomic E-state index is -4.24. The second kappa shape index (κ2) is 15.9. The first-order valence-corrected chi connectivity index (χ1v) is 23.1. The lowest BCUT2D eigenvalue weighted by Gasteiger charge is -2.35. The monoisotopic (exact) mass is 866 g/mol. The number of sulfonamides is 1. The quantitative estimate of drug-likeness (QED) is 0.251. The molecule has 4 fully saturated rings. The zero-order chi connectivity index (χ0) is 43.6. The summed E-state index contributed by atoms with van der Waals surface area (Å²) in [5.41, 5.74) is -1.22. The van der Waals surface area contributed by atoms with Gasteiger partial charge in [0.1, 0.15) is 41.0 Å². The topological polar surface area (TPSA) is 186 Å². The Morgan fingerprint density at radius 1 is 1.00 bits per heavy atom. The van der Waals surface area contributed by atoms with Gasteiger partial charge in [0.15, 0.2) is 0 Å². The molecule has 2 aromatic carbocycles. The molecule has 3 aromatic rings. The number of ether oxygens (including phenoxy) is 2. The minimum absolute atomic E-state index is 0.136. The van der Waals surface area contributed by atoms with Crippen LogP contribution in [0.2, 0.25) is 0 Å². The molecule has 4 amide bonds. The average molecular weight is 867 g/mol. The fourth-order valence-corrected chi connectivity index (χ4v) is 10.8. The maximum Gasteiger partial charge on any atom is 0.408 e. The van der Waals surface area contributed by atoms with Gasteiger partial charge in [0.05, 0.1) is 22.7 Å². The third-order valence-electron chi connectivity index (χ3n) is 13.6. The maximum atomic E-state index is 14.9. The molecule has 0 radical (unpaired) electrons. The summed E-state index contributed by atoms with van der Waals surface area (Å²) in [6, 6.07) is 9.09. The summed E-state index contributed by atoms with van der Waals surface area (Å²) in [7, 11) is -4.24. The summed E-state index contributed by atoms with van der Waals surface area (Å²) in [6.45, 7) is 8.72. The van der Waals surface area contributed by atoms with E-state index in [4.69, 9.17) is 19.4 Å². The number of halogens is 2. The van der Waals surface area contributed by atoms with Gasteiger partial charge >= 0.3 is 6.09 Å². The second-order valence-electron chi connectivity index (χ2n) is 19.4. The van der Waals surface area contributed by atoms with Crippen LogP contribution in [0, 0.1) is 23.2 Å². The molecule has 3 saturated carbocycles. The summed E-state index contributed by atoms with van der Waals surface area (Å²) in [5, 5.41) is 7.11. The Labute approximate surface area is 354 Å². The van der Waals surface area contributed by atoms with Crippen molar-refractivity contribution >= 4 is 55.6 Å². The fourth-order valence-electron chi connectivity index (χ4n) is 9.52. The van der Waals surface area contributed by atoms with Crippen molar-refractivity contribution in [2.75, 3.05) is 6.54 Å². The van der Waals surface area contributed by atoms with E-state index < -0.39 is 86.5 Å². The van der Waals surface area contributed by atoms with Crippen LogP contribution in [0.5, 0.6) is 5.88 Å². The average Bonchev–Trinajstić information content (AvgIpc) is 4.05. The number of alkyl halides is 2. The molecule has 2 aliphatic heterocycles. The Morgan fingerprint density at radius 3 is 2.46 bits per heavy atom. The molecule has 0 spiro atoms. The Hall–Kier alpha value is -4.67. The molecule has 8 rings (SSSR count). The number of aryl methyl sites for hydroxylation is 1. The van der Waals surface area contributed by atoms with E-state index in [1.54, 1.807) is 20.8 Å². The number of benzene rings is 2. The lowest BCUT2D eigenvalue weighted by molar-refractivity contribution is -0.143. The Bertz CT molecular complexity index is 2350. The standard InChI is InChI=1S/C44H56F2N6O8S/c1-24-19-26-12-7-6-8-14-31-38(48-34-28-13-10-9-11-25(28)15-16-30(34)47-31)59-27-21-32(52(23-27)39(54)35(42(2,3)4)49-41(56)60-33(26)20-24)37(53)50-44(22-29(44)36(45)46)40(55)51-61(57,58)43(5)17-18-43/h9-11,13,15-16,24,26-27,29,32-33,35-36H,6-8,12,14,17-23H2,1-5H3,(H,49,56)(H,50,53)(H,51,55)/t24-,26-,27-,29+,32+,33-,35-,44-/m1/s1. The number of fused-ring (bicyclic) bond motifs is 7. The minimum Gasteiger partial charge on any atom is -0.471 e. The number of rotatable bonds is 6. The normalized spacial score (nSPS) is 30.6. The number of carbonyl (C=O) groups excluding carboxylic acids is 4. The van der Waals surface area contributed by atoms with E-state index in [1.807, 2.05) is 41.1 Å². The smallest absolute Gasteiger partial charge is 0.408 e. The van der Waals surface area contributed by atoms with Crippen LogP contribution in [0.4, 0.5) is 13.6 Å². The van der Waals surface area contributed by atoms with Crippen LogP contribution in [-0.4, -0.2) is 94.6 Å². The molecule has 3 N–H and O–H groups in total. The van der Waals surface area contributed by atoms with Gasteiger partial charge in [-0.2, -0.15) is 0 Å². The number of nitrogens with zero attached hydrogens (tertiary/aromatic N) is 3. The molecule has 1 aromatic heterocycles. The van der Waals surface area contributed by atoms with Crippen molar-refractivity contribution in [2.24, 2.45) is 23.2 Å². The molecular weight excluding hydrogens is 811 g/mol. The molecule has 61 heavy (non-hydrogen) atoms. The molecule has 8 atom stereocenters. The summed E-state index contributed by atoms with van der Waals surface area (Å²) < 4.78 is 68.3. The third-order valence-corrected chi connectivity index (χ3v) is 15.8. The Morgan fingerprint density at radius 2 is 1.75 bits per heavy atom. The largest absolute Gasteiger partial charge is 0.471 e. The van der Waals surface area contributed by atoms with Gasteiger partial charge in [-0.25, -0.2) is 32.0 Å². The summed E-state index contributed by atoms with van der Waals surface area (Å²) in [5.74, 6) is -3.75. The number of carbonyl (C=O) groups is 4. The van der Waals surface area contributed by atoms with Crippen molar-refractivity contribution in [1.82, 2.24) is 30.2 Å². The van der Waals surface area contributed by atoms with E-state index in [-0.39, 0.29) is 30.9 Å². The van der Waals surface area contributed by atoms with Crippen LogP contribution < -0.4 is 20.1 Å². The van der Waals surface area contributed by atoms with Crippen molar-refractivity contribution < 1.29 is 45.9 Å². The van der Waals surface area contributed by atoms with Crippen molar-refractivity contribution in [3.05, 3.63) is 42.1 Å². The van der Waals surface area contributed by atoms with Crippen molar-refractivity contribution in [2.45, 2.75) is 146 Å². The van der Waals surface area contributed by atoms with Crippen LogP contribution in [0.25, 0.3) is 21.8 Å². The van der Waals surface area contributed by atoms with E-state index in [0.29, 0.717) is 48.3 Å². The molecule has 3 aliphatic carbocycles. The first kappa shape index (κ1) is 43.0.